The van der Waals surface area contributed by atoms with Crippen LogP contribution in [-0.4, -0.2) is 32.2 Å². The van der Waals surface area contributed by atoms with Gasteiger partial charge in [0.1, 0.15) is 17.1 Å². The maximum Gasteiger partial charge on any atom is 0.471 e. The number of halogens is 3. The van der Waals surface area contributed by atoms with Gasteiger partial charge >= 0.3 is 12.1 Å². The standard InChI is InChI=1S/C18H17F3N2O4/c1-26-13-7-4-8-14(27-2)15(13)16(24)23-12-6-3-5-11(9-12)10-22-17(25)18(19,20)21/h3-9H,10H2,1-2H3,(H,22,25)(H,23,24). The molecule has 0 saturated heterocycles. The van der Waals surface area contributed by atoms with Gasteiger partial charge in [-0.05, 0) is 29.8 Å². The van der Waals surface area contributed by atoms with Gasteiger partial charge in [-0.15, -0.1) is 0 Å². The molecule has 0 aliphatic heterocycles. The number of ether oxygens (including phenoxy) is 2. The zero-order valence-corrected chi connectivity index (χ0v) is 14.5. The van der Waals surface area contributed by atoms with E-state index in [4.69, 9.17) is 9.47 Å². The smallest absolute Gasteiger partial charge is 0.471 e. The van der Waals surface area contributed by atoms with Crippen molar-refractivity contribution < 1.29 is 32.2 Å². The van der Waals surface area contributed by atoms with E-state index in [0.29, 0.717) is 22.7 Å². The summed E-state index contributed by atoms with van der Waals surface area (Å²) in [5.41, 5.74) is 0.905. The first-order valence-corrected chi connectivity index (χ1v) is 7.72. The SMILES string of the molecule is COc1cccc(OC)c1C(=O)Nc1cccc(CNC(=O)C(F)(F)F)c1. The summed E-state index contributed by atoms with van der Waals surface area (Å²) in [6, 6.07) is 10.9. The fraction of sp³-hybridized carbons (Fsp3) is 0.222. The van der Waals surface area contributed by atoms with Crippen LogP contribution in [0.3, 0.4) is 0 Å². The van der Waals surface area contributed by atoms with Crippen LogP contribution >= 0.6 is 0 Å². The number of amides is 2. The summed E-state index contributed by atoms with van der Waals surface area (Å²) in [5, 5.41) is 4.40. The molecule has 0 aromatic heterocycles. The number of anilines is 1. The lowest BCUT2D eigenvalue weighted by molar-refractivity contribution is -0.173. The van der Waals surface area contributed by atoms with Crippen molar-refractivity contribution in [2.24, 2.45) is 0 Å². The molecule has 0 heterocycles. The Morgan fingerprint density at radius 2 is 1.59 bits per heavy atom. The molecule has 0 radical (unpaired) electrons. The van der Waals surface area contributed by atoms with Crippen LogP contribution in [0.5, 0.6) is 11.5 Å². The van der Waals surface area contributed by atoms with Gasteiger partial charge in [-0.2, -0.15) is 13.2 Å². The molecule has 0 saturated carbocycles. The Balaban J connectivity index is 2.15. The predicted octanol–water partition coefficient (Wildman–Crippen LogP) is 3.13. The van der Waals surface area contributed by atoms with Crippen molar-refractivity contribution in [2.75, 3.05) is 19.5 Å². The molecule has 0 aliphatic rings. The molecule has 2 amide bonds. The Morgan fingerprint density at radius 1 is 1.00 bits per heavy atom. The average Bonchev–Trinajstić information content (AvgIpc) is 2.64. The summed E-state index contributed by atoms with van der Waals surface area (Å²) < 4.78 is 47.1. The number of hydrogen-bond acceptors (Lipinski definition) is 4. The molecule has 0 bridgehead atoms. The first kappa shape index (κ1) is 20.1. The topological polar surface area (TPSA) is 76.7 Å². The van der Waals surface area contributed by atoms with Crippen LogP contribution < -0.4 is 20.1 Å². The van der Waals surface area contributed by atoms with Gasteiger partial charge in [-0.25, -0.2) is 0 Å². The van der Waals surface area contributed by atoms with Gasteiger partial charge in [0, 0.05) is 12.2 Å². The van der Waals surface area contributed by atoms with Gasteiger partial charge in [-0.3, -0.25) is 9.59 Å². The largest absolute Gasteiger partial charge is 0.496 e. The van der Waals surface area contributed by atoms with Gasteiger partial charge in [0.05, 0.1) is 14.2 Å². The van der Waals surface area contributed by atoms with E-state index in [1.165, 1.54) is 26.4 Å². The molecular weight excluding hydrogens is 365 g/mol. The lowest BCUT2D eigenvalue weighted by Gasteiger charge is -2.13. The second-order valence-electron chi connectivity index (χ2n) is 5.37. The number of alkyl halides is 3. The number of rotatable bonds is 6. The molecule has 0 spiro atoms. The van der Waals surface area contributed by atoms with Gasteiger partial charge in [0.15, 0.2) is 0 Å². The van der Waals surface area contributed by atoms with E-state index in [1.807, 2.05) is 0 Å². The number of carbonyl (C=O) groups is 2. The van der Waals surface area contributed by atoms with Crippen molar-refractivity contribution >= 4 is 17.5 Å². The Morgan fingerprint density at radius 3 is 2.15 bits per heavy atom. The molecule has 2 aromatic rings. The Bertz CT molecular complexity index is 815. The van der Waals surface area contributed by atoms with Crippen LogP contribution in [0.1, 0.15) is 15.9 Å². The minimum atomic E-state index is -4.95. The minimum Gasteiger partial charge on any atom is -0.496 e. The molecule has 0 atom stereocenters. The lowest BCUT2D eigenvalue weighted by Crippen LogP contribution is -2.36. The second kappa shape index (κ2) is 8.43. The summed E-state index contributed by atoms with van der Waals surface area (Å²) in [4.78, 5) is 23.5. The van der Waals surface area contributed by atoms with Crippen LogP contribution in [0, 0.1) is 0 Å². The molecule has 2 aromatic carbocycles. The monoisotopic (exact) mass is 382 g/mol. The highest BCUT2D eigenvalue weighted by atomic mass is 19.4. The molecule has 2 N–H and O–H groups in total. The maximum atomic E-state index is 12.6. The van der Waals surface area contributed by atoms with E-state index in [1.54, 1.807) is 35.6 Å². The molecule has 0 aliphatic carbocycles. The third-order valence-corrected chi connectivity index (χ3v) is 3.55. The van der Waals surface area contributed by atoms with Crippen molar-refractivity contribution in [3.63, 3.8) is 0 Å². The van der Waals surface area contributed by atoms with E-state index in [9.17, 15) is 22.8 Å². The highest BCUT2D eigenvalue weighted by Gasteiger charge is 2.38. The van der Waals surface area contributed by atoms with Crippen molar-refractivity contribution in [1.29, 1.82) is 0 Å². The van der Waals surface area contributed by atoms with Crippen molar-refractivity contribution in [2.45, 2.75) is 12.7 Å². The van der Waals surface area contributed by atoms with E-state index in [0.717, 1.165) is 0 Å². The van der Waals surface area contributed by atoms with Crippen molar-refractivity contribution in [1.82, 2.24) is 5.32 Å². The summed E-state index contributed by atoms with van der Waals surface area (Å²) in [6.45, 7) is -0.333. The molecule has 27 heavy (non-hydrogen) atoms. The summed E-state index contributed by atoms with van der Waals surface area (Å²) in [6.07, 6.45) is -4.95. The highest BCUT2D eigenvalue weighted by molar-refractivity contribution is 6.08. The Kier molecular flexibility index (Phi) is 6.27. The van der Waals surface area contributed by atoms with Crippen LogP contribution in [-0.2, 0) is 11.3 Å². The second-order valence-corrected chi connectivity index (χ2v) is 5.37. The van der Waals surface area contributed by atoms with E-state index < -0.39 is 18.0 Å². The van der Waals surface area contributed by atoms with E-state index in [2.05, 4.69) is 5.32 Å². The molecule has 2 rings (SSSR count). The van der Waals surface area contributed by atoms with E-state index in [-0.39, 0.29) is 12.1 Å². The predicted molar refractivity (Wildman–Crippen MR) is 91.8 cm³/mol. The van der Waals surface area contributed by atoms with Crippen molar-refractivity contribution in [3.05, 3.63) is 53.6 Å². The van der Waals surface area contributed by atoms with Crippen LogP contribution in [0.2, 0.25) is 0 Å². The molecule has 6 nitrogen and oxygen atoms in total. The van der Waals surface area contributed by atoms with Crippen LogP contribution in [0.4, 0.5) is 18.9 Å². The van der Waals surface area contributed by atoms with Crippen LogP contribution in [0.25, 0.3) is 0 Å². The average molecular weight is 382 g/mol. The molecule has 144 valence electrons. The number of hydrogen-bond donors (Lipinski definition) is 2. The van der Waals surface area contributed by atoms with Gasteiger partial charge in [0.2, 0.25) is 0 Å². The Labute approximate surface area is 153 Å². The first-order chi connectivity index (χ1) is 12.8. The highest BCUT2D eigenvalue weighted by Crippen LogP contribution is 2.29. The van der Waals surface area contributed by atoms with E-state index >= 15 is 0 Å². The Hall–Kier alpha value is -3.23. The third-order valence-electron chi connectivity index (χ3n) is 3.55. The quantitative estimate of drug-likeness (QED) is 0.805. The number of nitrogens with one attached hydrogen (secondary N) is 2. The molecule has 0 fully saturated rings. The molecule has 0 unspecified atom stereocenters. The maximum absolute atomic E-state index is 12.6. The first-order valence-electron chi connectivity index (χ1n) is 7.72. The normalized spacial score (nSPS) is 10.9. The van der Waals surface area contributed by atoms with Crippen molar-refractivity contribution in [3.8, 4) is 11.5 Å². The number of benzene rings is 2. The van der Waals surface area contributed by atoms with Gasteiger partial charge < -0.3 is 20.1 Å². The number of carbonyl (C=O) groups excluding carboxylic acids is 2. The zero-order valence-electron chi connectivity index (χ0n) is 14.5. The van der Waals surface area contributed by atoms with Gasteiger partial charge in [-0.1, -0.05) is 18.2 Å². The fourth-order valence-corrected chi connectivity index (χ4v) is 2.31. The summed E-state index contributed by atoms with van der Waals surface area (Å²) in [5.74, 6) is -1.93. The van der Waals surface area contributed by atoms with Gasteiger partial charge in [0.25, 0.3) is 5.91 Å². The lowest BCUT2D eigenvalue weighted by atomic mass is 10.1. The zero-order chi connectivity index (χ0) is 20.0. The fourth-order valence-electron chi connectivity index (χ4n) is 2.31. The third kappa shape index (κ3) is 5.13. The molecular formula is C18H17F3N2O4. The number of methoxy groups -OCH3 is 2. The minimum absolute atomic E-state index is 0.179. The summed E-state index contributed by atoms with van der Waals surface area (Å²) >= 11 is 0. The van der Waals surface area contributed by atoms with Crippen LogP contribution in [0.15, 0.2) is 42.5 Å². The summed E-state index contributed by atoms with van der Waals surface area (Å²) in [7, 11) is 2.82. The molecule has 9 heteroatoms.